The van der Waals surface area contributed by atoms with E-state index in [0.717, 1.165) is 22.5 Å². The molecule has 0 atom stereocenters. The van der Waals surface area contributed by atoms with E-state index in [4.69, 9.17) is 11.6 Å². The summed E-state index contributed by atoms with van der Waals surface area (Å²) < 4.78 is 26.5. The summed E-state index contributed by atoms with van der Waals surface area (Å²) in [6.45, 7) is 0. The lowest BCUT2D eigenvalue weighted by Gasteiger charge is -2.09. The van der Waals surface area contributed by atoms with Crippen LogP contribution in [0.1, 0.15) is 5.56 Å². The van der Waals surface area contributed by atoms with Gasteiger partial charge in [-0.05, 0) is 41.0 Å². The van der Waals surface area contributed by atoms with Crippen LogP contribution in [0.5, 0.6) is 0 Å². The molecule has 0 saturated carbocycles. The summed E-state index contributed by atoms with van der Waals surface area (Å²) in [4.78, 5) is 29.0. The first-order chi connectivity index (χ1) is 15.3. The second-order valence-corrected chi connectivity index (χ2v) is 11.0. The largest absolute Gasteiger partial charge is 0.298 e. The van der Waals surface area contributed by atoms with E-state index in [2.05, 4.69) is 4.98 Å². The molecule has 32 heavy (non-hydrogen) atoms. The number of nitrogens with zero attached hydrogens (tertiary/aromatic N) is 2. The van der Waals surface area contributed by atoms with Crippen molar-refractivity contribution in [1.29, 1.82) is 0 Å². The van der Waals surface area contributed by atoms with Gasteiger partial charge in [-0.3, -0.25) is 14.2 Å². The number of rotatable bonds is 7. The molecule has 4 aromatic rings. The van der Waals surface area contributed by atoms with Crippen LogP contribution in [0.4, 0.5) is 0 Å². The number of Topliss-reactive ketones (excluding diaryl/α,β-unsaturated/α-hetero) is 1. The highest BCUT2D eigenvalue weighted by molar-refractivity contribution is 7.94. The molecule has 0 unspecified atom stereocenters. The zero-order chi connectivity index (χ0) is 22.7. The second-order valence-electron chi connectivity index (χ2n) is 7.05. The fourth-order valence-corrected chi connectivity index (χ4v) is 5.97. The normalized spacial score (nSPS) is 11.4. The molecule has 162 valence electrons. The topological polar surface area (TPSA) is 86.1 Å². The molecule has 0 aliphatic rings. The van der Waals surface area contributed by atoms with Crippen LogP contribution in [0.15, 0.2) is 88.1 Å². The van der Waals surface area contributed by atoms with Gasteiger partial charge in [0.15, 0.2) is 15.6 Å². The first kappa shape index (κ1) is 22.1. The number of hydrogen-bond acceptors (Lipinski definition) is 6. The zero-order valence-corrected chi connectivity index (χ0v) is 19.0. The second kappa shape index (κ2) is 9.20. The molecule has 9 heteroatoms. The quantitative estimate of drug-likeness (QED) is 0.392. The highest BCUT2D eigenvalue weighted by Crippen LogP contribution is 2.26. The van der Waals surface area contributed by atoms with Crippen molar-refractivity contribution in [2.75, 3.05) is 5.75 Å². The van der Waals surface area contributed by atoms with Gasteiger partial charge in [0.05, 0.1) is 4.34 Å². The maximum absolute atomic E-state index is 12.4. The number of carbonyl (C=O) groups excluding carboxylic acids is 1. The van der Waals surface area contributed by atoms with Crippen molar-refractivity contribution >= 4 is 38.6 Å². The van der Waals surface area contributed by atoms with E-state index < -0.39 is 21.4 Å². The van der Waals surface area contributed by atoms with Crippen molar-refractivity contribution in [1.82, 2.24) is 9.55 Å². The van der Waals surface area contributed by atoms with Crippen LogP contribution in [-0.4, -0.2) is 29.5 Å². The minimum absolute atomic E-state index is 0.0713. The number of thiophene rings is 1. The van der Waals surface area contributed by atoms with Gasteiger partial charge in [0.25, 0.3) is 5.56 Å². The van der Waals surface area contributed by atoms with Gasteiger partial charge in [-0.2, -0.15) is 0 Å². The Morgan fingerprint density at radius 1 is 0.969 bits per heavy atom. The van der Waals surface area contributed by atoms with Crippen molar-refractivity contribution in [3.05, 3.63) is 99.4 Å². The molecule has 0 N–H and O–H groups in total. The molecule has 6 nitrogen and oxygen atoms in total. The predicted octanol–water partition coefficient (Wildman–Crippen LogP) is 4.20. The first-order valence-electron chi connectivity index (χ1n) is 9.55. The third kappa shape index (κ3) is 5.04. The van der Waals surface area contributed by atoms with E-state index in [9.17, 15) is 18.0 Å². The summed E-state index contributed by atoms with van der Waals surface area (Å²) >= 11 is 6.71. The fraction of sp³-hybridized carbons (Fsp3) is 0.0870. The molecule has 3 heterocycles. The minimum atomic E-state index is -3.73. The monoisotopic (exact) mass is 484 g/mol. The Morgan fingerprint density at radius 3 is 2.41 bits per heavy atom. The van der Waals surface area contributed by atoms with Gasteiger partial charge in [0.1, 0.15) is 15.8 Å². The first-order valence-corrected chi connectivity index (χ1v) is 12.4. The Labute approximate surface area is 193 Å². The summed E-state index contributed by atoms with van der Waals surface area (Å²) in [6.07, 6.45) is 3.11. The van der Waals surface area contributed by atoms with Crippen LogP contribution in [-0.2, 0) is 21.1 Å². The van der Waals surface area contributed by atoms with Gasteiger partial charge in [-0.1, -0.05) is 48.0 Å². The zero-order valence-electron chi connectivity index (χ0n) is 16.6. The van der Waals surface area contributed by atoms with Gasteiger partial charge < -0.3 is 0 Å². The van der Waals surface area contributed by atoms with Crippen LogP contribution >= 0.6 is 22.9 Å². The molecule has 0 aliphatic heterocycles. The number of halogens is 1. The highest BCUT2D eigenvalue weighted by Gasteiger charge is 2.21. The van der Waals surface area contributed by atoms with Gasteiger partial charge in [0.2, 0.25) is 0 Å². The number of ketones is 1. The SMILES string of the molecule is O=C(Cc1ccc(-n2cc(-c3ccccc3)ccc2=O)nc1)CS(=O)(=O)c1ccc(Cl)s1. The maximum atomic E-state index is 12.4. The van der Waals surface area contributed by atoms with E-state index in [1.54, 1.807) is 24.4 Å². The summed E-state index contributed by atoms with van der Waals surface area (Å²) in [6, 6.07) is 19.1. The number of carbonyl (C=O) groups is 1. The molecule has 4 rings (SSSR count). The standard InChI is InChI=1S/C23H17ClN2O4S2/c24-20-8-11-23(31-20)32(29,30)15-19(27)12-16-6-9-21(25-13-16)26-14-18(7-10-22(26)28)17-4-2-1-3-5-17/h1-11,13-14H,12,15H2. The lowest BCUT2D eigenvalue weighted by Crippen LogP contribution is -2.19. The fourth-order valence-electron chi connectivity index (χ4n) is 3.16. The molecule has 0 fully saturated rings. The van der Waals surface area contributed by atoms with Crippen molar-refractivity contribution < 1.29 is 13.2 Å². The third-order valence-electron chi connectivity index (χ3n) is 4.68. The highest BCUT2D eigenvalue weighted by atomic mass is 35.5. The molecule has 1 aromatic carbocycles. The van der Waals surface area contributed by atoms with Crippen LogP contribution in [0.3, 0.4) is 0 Å². The minimum Gasteiger partial charge on any atom is -0.298 e. The van der Waals surface area contributed by atoms with Crippen LogP contribution in [0.25, 0.3) is 16.9 Å². The molecule has 0 amide bonds. The van der Waals surface area contributed by atoms with E-state index >= 15 is 0 Å². The predicted molar refractivity (Wildman–Crippen MR) is 125 cm³/mol. The van der Waals surface area contributed by atoms with Crippen molar-refractivity contribution in [3.63, 3.8) is 0 Å². The third-order valence-corrected chi connectivity index (χ3v) is 8.17. The van der Waals surface area contributed by atoms with E-state index in [-0.39, 0.29) is 16.2 Å². The van der Waals surface area contributed by atoms with Gasteiger partial charge >= 0.3 is 0 Å². The Balaban J connectivity index is 1.50. The molecular formula is C23H17ClN2O4S2. The van der Waals surface area contributed by atoms with Gasteiger partial charge in [-0.25, -0.2) is 13.4 Å². The maximum Gasteiger partial charge on any atom is 0.256 e. The Kier molecular flexibility index (Phi) is 6.36. The van der Waals surface area contributed by atoms with Crippen LogP contribution < -0.4 is 5.56 Å². The molecule has 0 radical (unpaired) electrons. The molecule has 0 spiro atoms. The van der Waals surface area contributed by atoms with E-state index in [0.29, 0.717) is 15.7 Å². The molecule has 0 aliphatic carbocycles. The van der Waals surface area contributed by atoms with Crippen molar-refractivity contribution in [2.45, 2.75) is 10.6 Å². The van der Waals surface area contributed by atoms with E-state index in [1.165, 1.54) is 29.0 Å². The average Bonchev–Trinajstić information content (AvgIpc) is 3.22. The lowest BCUT2D eigenvalue weighted by molar-refractivity contribution is -0.116. The number of hydrogen-bond donors (Lipinski definition) is 0. The summed E-state index contributed by atoms with van der Waals surface area (Å²) in [5.74, 6) is -0.651. The number of sulfone groups is 1. The summed E-state index contributed by atoms with van der Waals surface area (Å²) in [5.41, 5.74) is 2.16. The molecular weight excluding hydrogens is 468 g/mol. The van der Waals surface area contributed by atoms with Crippen molar-refractivity contribution in [3.8, 4) is 16.9 Å². The average molecular weight is 485 g/mol. The van der Waals surface area contributed by atoms with Crippen LogP contribution in [0, 0.1) is 0 Å². The summed E-state index contributed by atoms with van der Waals surface area (Å²) in [5, 5.41) is 0. The van der Waals surface area contributed by atoms with Crippen LogP contribution in [0.2, 0.25) is 4.34 Å². The number of pyridine rings is 2. The Bertz CT molecular complexity index is 1430. The summed E-state index contributed by atoms with van der Waals surface area (Å²) in [7, 11) is -3.73. The molecule has 0 saturated heterocycles. The Morgan fingerprint density at radius 2 is 1.75 bits per heavy atom. The smallest absolute Gasteiger partial charge is 0.256 e. The van der Waals surface area contributed by atoms with E-state index in [1.807, 2.05) is 30.3 Å². The van der Waals surface area contributed by atoms with Gasteiger partial charge in [0, 0.05) is 24.9 Å². The lowest BCUT2D eigenvalue weighted by atomic mass is 10.1. The van der Waals surface area contributed by atoms with Gasteiger partial charge in [-0.15, -0.1) is 11.3 Å². The Hall–Kier alpha value is -3.07. The van der Waals surface area contributed by atoms with Crippen molar-refractivity contribution in [2.24, 2.45) is 0 Å². The molecule has 0 bridgehead atoms. The number of aromatic nitrogens is 2. The number of benzene rings is 1. The molecule has 3 aromatic heterocycles.